The summed E-state index contributed by atoms with van der Waals surface area (Å²) in [5.41, 5.74) is 5.85. The minimum atomic E-state index is -0.531. The van der Waals surface area contributed by atoms with Crippen molar-refractivity contribution in [1.82, 2.24) is 4.98 Å². The van der Waals surface area contributed by atoms with Gasteiger partial charge in [0.25, 0.3) is 0 Å². The number of hydrogen-bond acceptors (Lipinski definition) is 4. The van der Waals surface area contributed by atoms with E-state index < -0.39 is 5.82 Å². The maximum absolute atomic E-state index is 12.9. The van der Waals surface area contributed by atoms with Crippen LogP contribution in [0.4, 0.5) is 10.2 Å². The third-order valence-electron chi connectivity index (χ3n) is 1.58. The third kappa shape index (κ3) is 4.12. The van der Waals surface area contributed by atoms with Crippen molar-refractivity contribution in [1.29, 1.82) is 0 Å². The molecule has 0 aliphatic carbocycles. The molecule has 15 heavy (non-hydrogen) atoms. The molecule has 0 radical (unpaired) electrons. The second-order valence-corrected chi connectivity index (χ2v) is 4.04. The Bertz CT molecular complexity index is 393. The lowest BCUT2D eigenvalue weighted by molar-refractivity contribution is -0.109. The van der Waals surface area contributed by atoms with Gasteiger partial charge in [0.2, 0.25) is 0 Å². The monoisotopic (exact) mass is 226 g/mol. The van der Waals surface area contributed by atoms with Crippen LogP contribution in [0.25, 0.3) is 6.08 Å². The van der Waals surface area contributed by atoms with Gasteiger partial charge in [-0.05, 0) is 11.6 Å². The highest BCUT2D eigenvalue weighted by atomic mass is 32.2. The Morgan fingerprint density at radius 3 is 3.07 bits per heavy atom. The summed E-state index contributed by atoms with van der Waals surface area (Å²) in [5.74, 6) is -0.0666. The van der Waals surface area contributed by atoms with Crippen LogP contribution in [-0.2, 0) is 4.79 Å². The first kappa shape index (κ1) is 11.7. The minimum absolute atomic E-state index is 0.0567. The normalized spacial score (nSPS) is 10.8. The van der Waals surface area contributed by atoms with Crippen LogP contribution in [0.15, 0.2) is 18.3 Å². The number of nitrogens with two attached hydrogens (primary N) is 1. The van der Waals surface area contributed by atoms with E-state index in [1.54, 1.807) is 12.2 Å². The number of carbonyl (C=O) groups is 1. The smallest absolute Gasteiger partial charge is 0.186 e. The van der Waals surface area contributed by atoms with Crippen LogP contribution in [0.5, 0.6) is 0 Å². The van der Waals surface area contributed by atoms with Crippen molar-refractivity contribution in [3.05, 3.63) is 29.7 Å². The first-order valence-corrected chi connectivity index (χ1v) is 5.29. The van der Waals surface area contributed by atoms with E-state index in [2.05, 4.69) is 4.98 Å². The van der Waals surface area contributed by atoms with Crippen molar-refractivity contribution in [2.24, 2.45) is 0 Å². The predicted molar refractivity (Wildman–Crippen MR) is 60.8 cm³/mol. The maximum atomic E-state index is 12.9. The fourth-order valence-corrected chi connectivity index (χ4v) is 1.33. The average Bonchev–Trinajstić information content (AvgIpc) is 2.18. The summed E-state index contributed by atoms with van der Waals surface area (Å²) in [7, 11) is 0. The minimum Gasteiger partial charge on any atom is -0.381 e. The van der Waals surface area contributed by atoms with Gasteiger partial charge in [-0.25, -0.2) is 9.37 Å². The highest BCUT2D eigenvalue weighted by Crippen LogP contribution is 2.10. The molecule has 0 saturated heterocycles. The van der Waals surface area contributed by atoms with Gasteiger partial charge in [0.1, 0.15) is 0 Å². The van der Waals surface area contributed by atoms with Gasteiger partial charge in [0.15, 0.2) is 16.8 Å². The van der Waals surface area contributed by atoms with Crippen LogP contribution >= 0.6 is 11.8 Å². The number of thioether (sulfide) groups is 1. The number of anilines is 1. The lowest BCUT2D eigenvalue weighted by Crippen LogP contribution is -1.94. The Balaban J connectivity index is 2.57. The number of halogens is 1. The summed E-state index contributed by atoms with van der Waals surface area (Å²) >= 11 is 1.19. The first-order valence-electron chi connectivity index (χ1n) is 4.30. The topological polar surface area (TPSA) is 56.0 Å². The van der Waals surface area contributed by atoms with Crippen molar-refractivity contribution < 1.29 is 9.18 Å². The molecule has 1 rings (SSSR count). The molecule has 0 atom stereocenters. The van der Waals surface area contributed by atoms with Crippen LogP contribution in [0.3, 0.4) is 0 Å². The highest BCUT2D eigenvalue weighted by Gasteiger charge is 1.98. The van der Waals surface area contributed by atoms with Crippen molar-refractivity contribution >= 4 is 28.8 Å². The van der Waals surface area contributed by atoms with E-state index in [0.29, 0.717) is 11.3 Å². The summed E-state index contributed by atoms with van der Waals surface area (Å²) < 4.78 is 12.9. The van der Waals surface area contributed by atoms with Crippen molar-refractivity contribution in [3.63, 3.8) is 0 Å². The first-order chi connectivity index (χ1) is 7.09. The Labute approximate surface area is 91.6 Å². The molecule has 80 valence electrons. The second-order valence-electron chi connectivity index (χ2n) is 2.84. The molecule has 0 amide bonds. The van der Waals surface area contributed by atoms with E-state index in [9.17, 15) is 9.18 Å². The van der Waals surface area contributed by atoms with Gasteiger partial charge in [0, 0.05) is 18.9 Å². The zero-order chi connectivity index (χ0) is 11.3. The van der Waals surface area contributed by atoms with E-state index in [1.165, 1.54) is 30.9 Å². The summed E-state index contributed by atoms with van der Waals surface area (Å²) in [4.78, 5) is 14.3. The van der Waals surface area contributed by atoms with E-state index in [1.807, 2.05) is 0 Å². The molecule has 0 fully saturated rings. The summed E-state index contributed by atoms with van der Waals surface area (Å²) in [6.07, 6.45) is 4.96. The predicted octanol–water partition coefficient (Wildman–Crippen LogP) is 2.10. The summed E-state index contributed by atoms with van der Waals surface area (Å²) in [5, 5.41) is 0.0567. The lowest BCUT2D eigenvalue weighted by Gasteiger charge is -1.96. The second kappa shape index (κ2) is 5.50. The number of pyridine rings is 1. The van der Waals surface area contributed by atoms with E-state index in [0.717, 1.165) is 0 Å². The van der Waals surface area contributed by atoms with Gasteiger partial charge in [-0.3, -0.25) is 4.79 Å². The van der Waals surface area contributed by atoms with E-state index in [4.69, 9.17) is 5.73 Å². The molecule has 0 aliphatic heterocycles. The zero-order valence-corrected chi connectivity index (χ0v) is 9.05. The molecule has 1 heterocycles. The van der Waals surface area contributed by atoms with Crippen molar-refractivity contribution in [3.8, 4) is 0 Å². The van der Waals surface area contributed by atoms with Gasteiger partial charge in [-0.15, -0.1) is 0 Å². The molecule has 2 N–H and O–H groups in total. The molecular formula is C10H11FN2OS. The van der Waals surface area contributed by atoms with Crippen LogP contribution in [0.1, 0.15) is 12.5 Å². The number of carbonyl (C=O) groups excluding carboxylic acids is 1. The van der Waals surface area contributed by atoms with Crippen LogP contribution in [0, 0.1) is 5.82 Å². The Morgan fingerprint density at radius 2 is 2.47 bits per heavy atom. The molecule has 0 saturated carbocycles. The molecule has 0 aliphatic rings. The van der Waals surface area contributed by atoms with Crippen molar-refractivity contribution in [2.75, 3.05) is 11.5 Å². The molecular weight excluding hydrogens is 215 g/mol. The molecule has 0 unspecified atom stereocenters. The molecule has 5 heteroatoms. The molecule has 0 bridgehead atoms. The number of nitrogens with zero attached hydrogens (tertiary/aromatic N) is 1. The number of aromatic nitrogens is 1. The zero-order valence-electron chi connectivity index (χ0n) is 8.24. The molecule has 0 aromatic carbocycles. The SMILES string of the molecule is CC(=O)SCC=Cc1cnc(N)c(F)c1. The van der Waals surface area contributed by atoms with Crippen LogP contribution in [0.2, 0.25) is 0 Å². The summed E-state index contributed by atoms with van der Waals surface area (Å²) in [6, 6.07) is 1.30. The number of rotatable bonds is 3. The molecule has 3 nitrogen and oxygen atoms in total. The molecule has 1 aromatic heterocycles. The standard InChI is InChI=1S/C10H11FN2OS/c1-7(14)15-4-2-3-8-5-9(11)10(12)13-6-8/h2-3,5-6H,4H2,1H3,(H2,12,13). The van der Waals surface area contributed by atoms with Gasteiger partial charge < -0.3 is 5.73 Å². The Hall–Kier alpha value is -1.36. The molecule has 0 spiro atoms. The quantitative estimate of drug-likeness (QED) is 0.857. The van der Waals surface area contributed by atoms with Gasteiger partial charge in [0.05, 0.1) is 0 Å². The average molecular weight is 226 g/mol. The Morgan fingerprint density at radius 1 is 1.73 bits per heavy atom. The van der Waals surface area contributed by atoms with Crippen molar-refractivity contribution in [2.45, 2.75) is 6.92 Å². The van der Waals surface area contributed by atoms with Crippen LogP contribution in [-0.4, -0.2) is 15.9 Å². The fourth-order valence-electron chi connectivity index (χ4n) is 0.904. The van der Waals surface area contributed by atoms with E-state index >= 15 is 0 Å². The Kier molecular flexibility index (Phi) is 4.30. The number of hydrogen-bond donors (Lipinski definition) is 1. The van der Waals surface area contributed by atoms with Gasteiger partial charge in [-0.2, -0.15) is 0 Å². The van der Waals surface area contributed by atoms with Gasteiger partial charge >= 0.3 is 0 Å². The fraction of sp³-hybridized carbons (Fsp3) is 0.200. The highest BCUT2D eigenvalue weighted by molar-refractivity contribution is 8.13. The largest absolute Gasteiger partial charge is 0.381 e. The summed E-state index contributed by atoms with van der Waals surface area (Å²) in [6.45, 7) is 1.50. The van der Waals surface area contributed by atoms with E-state index in [-0.39, 0.29) is 10.9 Å². The third-order valence-corrected chi connectivity index (χ3v) is 2.35. The molecule has 1 aromatic rings. The lowest BCUT2D eigenvalue weighted by atomic mass is 10.2. The maximum Gasteiger partial charge on any atom is 0.186 e. The number of nitrogen functional groups attached to an aromatic ring is 1. The van der Waals surface area contributed by atoms with Gasteiger partial charge in [-0.1, -0.05) is 23.9 Å². The van der Waals surface area contributed by atoms with Crippen LogP contribution < -0.4 is 5.73 Å².